The maximum absolute atomic E-state index is 6.05. The highest BCUT2D eigenvalue weighted by atomic mass is 15.5. The van der Waals surface area contributed by atoms with E-state index in [1.165, 1.54) is 0 Å². The molecule has 0 saturated carbocycles. The van der Waals surface area contributed by atoms with Gasteiger partial charge in [-0.15, -0.1) is 0 Å². The smallest absolute Gasteiger partial charge is 0.181 e. The van der Waals surface area contributed by atoms with Crippen molar-refractivity contribution in [1.82, 2.24) is 0 Å². The van der Waals surface area contributed by atoms with Crippen LogP contribution in [0.15, 0.2) is 15.7 Å². The maximum atomic E-state index is 6.05. The molecule has 5 nitrogen and oxygen atoms in total. The van der Waals surface area contributed by atoms with Crippen molar-refractivity contribution in [3.63, 3.8) is 0 Å². The third-order valence-electron chi connectivity index (χ3n) is 0.0894. The van der Waals surface area contributed by atoms with E-state index in [9.17, 15) is 0 Å². The first kappa shape index (κ1) is 2.25. The van der Waals surface area contributed by atoms with Crippen molar-refractivity contribution in [1.29, 1.82) is 5.53 Å². The van der Waals surface area contributed by atoms with Gasteiger partial charge in [0.15, 0.2) is 1.41 Å². The molecule has 0 rings (SSSR count). The molecule has 0 atom stereocenters. The predicted molar refractivity (Wildman–Crippen MR) is 14.2 cm³/mol. The Balaban J connectivity index is 2.94. The van der Waals surface area contributed by atoms with E-state index in [1.54, 1.807) is 5.84 Å². The molecule has 0 heterocycles. The molecule has 0 amide bonds. The molecule has 0 bridgehead atoms. The Morgan fingerprint density at radius 2 is 2.80 bits per heavy atom. The number of rotatable bonds is 2. The molecule has 0 spiro atoms. The molecular weight excluding hydrogens is 70.0 g/mol. The highest BCUT2D eigenvalue weighted by molar-refractivity contribution is 3.87. The average Bonchev–Trinajstić information content (AvgIpc) is 1.61. The molecule has 5 heavy (non-hydrogen) atoms. The highest BCUT2D eigenvalue weighted by Crippen LogP contribution is 1.60. The van der Waals surface area contributed by atoms with Crippen molar-refractivity contribution in [2.24, 2.45) is 21.5 Å². The fourth-order valence-electron chi connectivity index (χ4n) is 0.0224. The summed E-state index contributed by atoms with van der Waals surface area (Å²) in [4.78, 5) is 0. The van der Waals surface area contributed by atoms with Gasteiger partial charge >= 0.3 is 0 Å². The monoisotopic (exact) mass is 74.0 g/mol. The van der Waals surface area contributed by atoms with E-state index in [0.29, 0.717) is 0 Å². The lowest BCUT2D eigenvalue weighted by molar-refractivity contribution is 0.859. The van der Waals surface area contributed by atoms with E-state index < -0.39 is 0 Å². The molecule has 0 fully saturated rings. The van der Waals surface area contributed by atoms with Crippen molar-refractivity contribution >= 4 is 0 Å². The number of hydrogen-bond acceptors (Lipinski definition) is 2. The molecule has 0 saturated heterocycles. The van der Waals surface area contributed by atoms with Gasteiger partial charge in [0.25, 0.3) is 0 Å². The van der Waals surface area contributed by atoms with E-state index in [-0.39, 0.29) is 0 Å². The normalized spacial score (nSPS) is 10.8. The zero-order valence-corrected chi connectivity index (χ0v) is 2.34. The third-order valence-corrected chi connectivity index (χ3v) is 0.0894. The lowest BCUT2D eigenvalue weighted by atomic mass is 12.5. The summed E-state index contributed by atoms with van der Waals surface area (Å²) in [7, 11) is 0. The van der Waals surface area contributed by atoms with E-state index in [2.05, 4.69) is 15.7 Å². The third kappa shape index (κ3) is 3.00. The summed E-state index contributed by atoms with van der Waals surface area (Å²) in [6.07, 6.45) is 0. The molecule has 0 aliphatic heterocycles. The average molecular weight is 74.1 g/mol. The minimum atomic E-state index is 1.56. The Hall–Kier alpha value is -1.00. The number of nitrogens with one attached hydrogen (secondary N) is 1. The molecule has 0 aromatic carbocycles. The molecule has 0 unspecified atom stereocenters. The molecule has 3 N–H and O–H groups in total. The van der Waals surface area contributed by atoms with Crippen LogP contribution < -0.4 is 5.84 Å². The molecular formula is H3N5. The lowest BCUT2D eigenvalue weighted by Gasteiger charge is -1.56. The van der Waals surface area contributed by atoms with Crippen LogP contribution in [0.1, 0.15) is 0 Å². The van der Waals surface area contributed by atoms with Crippen molar-refractivity contribution in [3.05, 3.63) is 0 Å². The molecule has 5 heteroatoms. The lowest BCUT2D eigenvalue weighted by Crippen LogP contribution is -1.69. The van der Waals surface area contributed by atoms with Gasteiger partial charge < -0.3 is 5.84 Å². The van der Waals surface area contributed by atoms with Crippen molar-refractivity contribution in [2.45, 2.75) is 0 Å². The van der Waals surface area contributed by atoms with Crippen molar-refractivity contribution < 1.29 is 1.41 Å². The van der Waals surface area contributed by atoms with Gasteiger partial charge in [-0.3, -0.25) is 0 Å². The topological polar surface area (TPSA) is 86.9 Å². The van der Waals surface area contributed by atoms with Crippen LogP contribution in [0.2, 0.25) is 1.41 Å². The van der Waals surface area contributed by atoms with E-state index in [1.807, 2.05) is 0 Å². The summed E-state index contributed by atoms with van der Waals surface area (Å²) in [5, 5.41) is 7.94. The van der Waals surface area contributed by atoms with Gasteiger partial charge in [0.1, 0.15) is 0 Å². The second-order valence-corrected chi connectivity index (χ2v) is 0.289. The Bertz CT molecular complexity index is 55.0. The fraction of sp³-hybridized carbons (Fsp3) is 0. The SMILES string of the molecule is [2H]N/N=N/N=N. The Morgan fingerprint density at radius 1 is 2.00 bits per heavy atom. The van der Waals surface area contributed by atoms with Crippen LogP contribution >= 0.6 is 0 Å². The fourth-order valence-corrected chi connectivity index (χ4v) is 0.0224. The Morgan fingerprint density at radius 3 is 3.00 bits per heavy atom. The molecule has 0 aliphatic carbocycles. The van der Waals surface area contributed by atoms with Gasteiger partial charge in [-0.1, -0.05) is 5.22 Å². The van der Waals surface area contributed by atoms with Gasteiger partial charge in [-0.05, 0) is 10.4 Å². The first-order valence-corrected chi connectivity index (χ1v) is 0.847. The first-order valence-electron chi connectivity index (χ1n) is 1.35. The number of hydrogen-bond donors (Lipinski definition) is 2. The van der Waals surface area contributed by atoms with E-state index in [0.717, 1.165) is 0 Å². The van der Waals surface area contributed by atoms with Gasteiger partial charge in [-0.25, -0.2) is 0 Å². The molecule has 0 aliphatic rings. The predicted octanol–water partition coefficient (Wildman–Crippen LogP) is 0.258. The Kier molecular flexibility index (Phi) is 1.35. The van der Waals surface area contributed by atoms with Crippen molar-refractivity contribution in [2.75, 3.05) is 0 Å². The Labute approximate surface area is 29.8 Å². The summed E-state index contributed by atoms with van der Waals surface area (Å²) in [5.41, 5.74) is 5.95. The molecule has 0 aromatic heterocycles. The highest BCUT2D eigenvalue weighted by Gasteiger charge is 1.43. The van der Waals surface area contributed by atoms with Gasteiger partial charge in [-0.2, -0.15) is 5.53 Å². The summed E-state index contributed by atoms with van der Waals surface area (Å²) in [5.74, 6) is 1.56. The van der Waals surface area contributed by atoms with Gasteiger partial charge in [0.05, 0.1) is 0 Å². The summed E-state index contributed by atoms with van der Waals surface area (Å²) >= 11 is 0. The zero-order valence-electron chi connectivity index (χ0n) is 3.34. The first-order chi connectivity index (χ1) is 2.91. The number of nitrogens with zero attached hydrogens (tertiary/aromatic N) is 3. The van der Waals surface area contributed by atoms with Gasteiger partial charge in [0, 0.05) is 0 Å². The second kappa shape index (κ2) is 3.00. The zero-order chi connectivity index (χ0) is 4.83. The van der Waals surface area contributed by atoms with E-state index >= 15 is 0 Å². The standard InChI is InChI=1S/H3N5/c1-3-5-4-2/h(H3,1,2,5)/i/hD. The van der Waals surface area contributed by atoms with Crippen LogP contribution in [0.3, 0.4) is 0 Å². The molecule has 0 radical (unpaired) electrons. The van der Waals surface area contributed by atoms with Crippen LogP contribution in [-0.4, -0.2) is 0 Å². The summed E-state index contributed by atoms with van der Waals surface area (Å²) in [6.45, 7) is 0. The van der Waals surface area contributed by atoms with Crippen LogP contribution in [0.25, 0.3) is 0 Å². The van der Waals surface area contributed by atoms with Crippen LogP contribution in [0.4, 0.5) is 0 Å². The minimum absolute atomic E-state index is 1.56. The second-order valence-electron chi connectivity index (χ2n) is 0.289. The van der Waals surface area contributed by atoms with Crippen LogP contribution in [0.5, 0.6) is 0 Å². The molecule has 28 valence electrons. The summed E-state index contributed by atoms with van der Waals surface area (Å²) < 4.78 is 6.05. The van der Waals surface area contributed by atoms with E-state index in [4.69, 9.17) is 6.94 Å². The minimum Gasteiger partial charge on any atom is -0.303 e. The van der Waals surface area contributed by atoms with Crippen LogP contribution in [0, 0.1) is 5.53 Å². The van der Waals surface area contributed by atoms with Crippen LogP contribution in [-0.2, 0) is 0 Å². The van der Waals surface area contributed by atoms with Crippen molar-refractivity contribution in [3.8, 4) is 0 Å². The number of nitrogens with two attached hydrogens (primary N) is 1. The molecule has 0 aromatic rings. The largest absolute Gasteiger partial charge is 0.303 e. The maximum Gasteiger partial charge on any atom is 0.181 e. The van der Waals surface area contributed by atoms with Gasteiger partial charge in [0.2, 0.25) is 0 Å². The quantitative estimate of drug-likeness (QED) is 0.274. The summed E-state index contributed by atoms with van der Waals surface area (Å²) in [6, 6.07) is 0.